The van der Waals surface area contributed by atoms with Gasteiger partial charge >= 0.3 is 0 Å². The Balaban J connectivity index is 2.27. The number of fused-ring (bicyclic) bond motifs is 1. The monoisotopic (exact) mass is 246 g/mol. The highest BCUT2D eigenvalue weighted by molar-refractivity contribution is 5.52. The van der Waals surface area contributed by atoms with Crippen LogP contribution in [0.3, 0.4) is 0 Å². The molecule has 1 aromatic rings. The third kappa shape index (κ3) is 2.68. The second-order valence-corrected chi connectivity index (χ2v) is 7.54. The van der Waals surface area contributed by atoms with Gasteiger partial charge in [-0.3, -0.25) is 4.98 Å². The van der Waals surface area contributed by atoms with Crippen LogP contribution in [-0.4, -0.2) is 11.0 Å². The first kappa shape index (κ1) is 13.4. The van der Waals surface area contributed by atoms with Crippen molar-refractivity contribution in [3.8, 4) is 0 Å². The van der Waals surface area contributed by atoms with E-state index in [9.17, 15) is 0 Å². The summed E-state index contributed by atoms with van der Waals surface area (Å²) in [4.78, 5) is 4.84. The first-order valence-electron chi connectivity index (χ1n) is 6.95. The smallest absolute Gasteiger partial charge is 0.0639 e. The Morgan fingerprint density at radius 1 is 1.11 bits per heavy atom. The fourth-order valence-electron chi connectivity index (χ4n) is 2.43. The highest BCUT2D eigenvalue weighted by atomic mass is 15.0. The van der Waals surface area contributed by atoms with E-state index in [4.69, 9.17) is 4.98 Å². The maximum absolute atomic E-state index is 4.84. The molecule has 1 N–H and O–H groups in total. The minimum absolute atomic E-state index is 0.135. The summed E-state index contributed by atoms with van der Waals surface area (Å²) in [6, 6.07) is 4.92. The maximum atomic E-state index is 4.84. The van der Waals surface area contributed by atoms with Crippen LogP contribution in [-0.2, 0) is 11.8 Å². The van der Waals surface area contributed by atoms with Gasteiger partial charge < -0.3 is 5.32 Å². The first-order valence-corrected chi connectivity index (χ1v) is 6.95. The first-order chi connectivity index (χ1) is 8.18. The molecule has 0 fully saturated rings. The second-order valence-electron chi connectivity index (χ2n) is 7.54. The van der Waals surface area contributed by atoms with Gasteiger partial charge in [0.05, 0.1) is 11.4 Å². The van der Waals surface area contributed by atoms with E-state index < -0.39 is 0 Å². The molecule has 1 atom stereocenters. The van der Waals surface area contributed by atoms with Crippen LogP contribution >= 0.6 is 0 Å². The van der Waals surface area contributed by atoms with Crippen LogP contribution in [0.2, 0.25) is 0 Å². The van der Waals surface area contributed by atoms with Crippen molar-refractivity contribution < 1.29 is 0 Å². The highest BCUT2D eigenvalue weighted by Gasteiger charge is 2.29. The van der Waals surface area contributed by atoms with Gasteiger partial charge in [0.15, 0.2) is 0 Å². The molecule has 0 radical (unpaired) electrons. The molecule has 0 saturated carbocycles. The van der Waals surface area contributed by atoms with E-state index >= 15 is 0 Å². The van der Waals surface area contributed by atoms with Crippen molar-refractivity contribution in [2.24, 2.45) is 5.41 Å². The SMILES string of the molecule is CC(C)(C)c1ccc2c(n1)CC[C@H](C(C)(C)C)N2. The molecule has 1 aliphatic heterocycles. The number of pyridine rings is 1. The number of anilines is 1. The van der Waals surface area contributed by atoms with Crippen molar-refractivity contribution in [3.63, 3.8) is 0 Å². The van der Waals surface area contributed by atoms with E-state index in [0.717, 1.165) is 6.42 Å². The molecular formula is C16H26N2. The quantitative estimate of drug-likeness (QED) is 0.743. The van der Waals surface area contributed by atoms with E-state index in [1.165, 1.54) is 23.5 Å². The van der Waals surface area contributed by atoms with Gasteiger partial charge in [0.1, 0.15) is 0 Å². The van der Waals surface area contributed by atoms with Gasteiger partial charge in [-0.2, -0.15) is 0 Å². The highest BCUT2D eigenvalue weighted by Crippen LogP contribution is 2.33. The van der Waals surface area contributed by atoms with E-state index in [1.807, 2.05) is 0 Å². The van der Waals surface area contributed by atoms with Crippen LogP contribution in [0.5, 0.6) is 0 Å². The summed E-state index contributed by atoms with van der Waals surface area (Å²) in [5.74, 6) is 0. The Kier molecular flexibility index (Phi) is 3.16. The Morgan fingerprint density at radius 3 is 2.33 bits per heavy atom. The normalized spacial score (nSPS) is 20.2. The standard InChI is InChI=1S/C16H26N2/c1-15(2,3)13-9-7-12-11(17-13)8-10-14(18-12)16(4,5)6/h7,9,14,18H,8,10H2,1-6H3/t14-/m1/s1. The molecule has 2 rings (SSSR count). The molecule has 1 aromatic heterocycles. The fraction of sp³-hybridized carbons (Fsp3) is 0.688. The molecule has 18 heavy (non-hydrogen) atoms. The molecule has 0 amide bonds. The van der Waals surface area contributed by atoms with Gasteiger partial charge in [0, 0.05) is 17.2 Å². The molecule has 0 aliphatic carbocycles. The van der Waals surface area contributed by atoms with E-state index in [0.29, 0.717) is 11.5 Å². The fourth-order valence-corrected chi connectivity index (χ4v) is 2.43. The van der Waals surface area contributed by atoms with Crippen LogP contribution in [0.4, 0.5) is 5.69 Å². The van der Waals surface area contributed by atoms with Crippen LogP contribution in [0.25, 0.3) is 0 Å². The maximum Gasteiger partial charge on any atom is 0.0639 e. The Labute approximate surface area is 111 Å². The zero-order valence-electron chi connectivity index (χ0n) is 12.6. The number of rotatable bonds is 0. The summed E-state index contributed by atoms with van der Waals surface area (Å²) < 4.78 is 0. The van der Waals surface area contributed by atoms with Crippen LogP contribution in [0.1, 0.15) is 59.4 Å². The zero-order chi connectivity index (χ0) is 13.6. The molecule has 1 aliphatic rings. The Hall–Kier alpha value is -1.05. The lowest BCUT2D eigenvalue weighted by molar-refractivity contribution is 0.319. The molecule has 2 heteroatoms. The minimum atomic E-state index is 0.135. The predicted octanol–water partition coefficient (Wildman–Crippen LogP) is 4.15. The molecule has 0 spiro atoms. The Morgan fingerprint density at radius 2 is 1.78 bits per heavy atom. The lowest BCUT2D eigenvalue weighted by Gasteiger charge is -2.36. The van der Waals surface area contributed by atoms with E-state index in [-0.39, 0.29) is 5.41 Å². The summed E-state index contributed by atoms with van der Waals surface area (Å²) in [6.45, 7) is 13.5. The molecular weight excluding hydrogens is 220 g/mol. The van der Waals surface area contributed by atoms with Crippen molar-refractivity contribution in [3.05, 3.63) is 23.5 Å². The summed E-state index contributed by atoms with van der Waals surface area (Å²) in [5, 5.41) is 3.65. The molecule has 100 valence electrons. The topological polar surface area (TPSA) is 24.9 Å². The third-order valence-electron chi connectivity index (χ3n) is 3.79. The van der Waals surface area contributed by atoms with Crippen molar-refractivity contribution in [2.45, 2.75) is 65.8 Å². The third-order valence-corrected chi connectivity index (χ3v) is 3.79. The number of aryl methyl sites for hydroxylation is 1. The molecule has 0 unspecified atom stereocenters. The number of nitrogens with one attached hydrogen (secondary N) is 1. The predicted molar refractivity (Wildman–Crippen MR) is 78.1 cm³/mol. The lowest BCUT2D eigenvalue weighted by Crippen LogP contribution is -2.37. The molecule has 2 nitrogen and oxygen atoms in total. The molecule has 0 bridgehead atoms. The molecule has 0 saturated heterocycles. The van der Waals surface area contributed by atoms with Crippen molar-refractivity contribution in [2.75, 3.05) is 5.32 Å². The average Bonchev–Trinajstić information content (AvgIpc) is 2.25. The van der Waals surface area contributed by atoms with Gasteiger partial charge in [-0.05, 0) is 30.4 Å². The van der Waals surface area contributed by atoms with E-state index in [1.54, 1.807) is 0 Å². The number of nitrogens with zero attached hydrogens (tertiary/aromatic N) is 1. The Bertz CT molecular complexity index is 435. The van der Waals surface area contributed by atoms with Gasteiger partial charge in [-0.1, -0.05) is 41.5 Å². The van der Waals surface area contributed by atoms with Crippen molar-refractivity contribution in [1.82, 2.24) is 4.98 Å². The van der Waals surface area contributed by atoms with Gasteiger partial charge in [-0.25, -0.2) is 0 Å². The zero-order valence-corrected chi connectivity index (χ0v) is 12.6. The number of hydrogen-bond acceptors (Lipinski definition) is 2. The van der Waals surface area contributed by atoms with Gasteiger partial charge in [-0.15, -0.1) is 0 Å². The summed E-state index contributed by atoms with van der Waals surface area (Å²) in [7, 11) is 0. The summed E-state index contributed by atoms with van der Waals surface area (Å²) in [5.41, 5.74) is 4.10. The van der Waals surface area contributed by atoms with Crippen LogP contribution in [0, 0.1) is 5.41 Å². The largest absolute Gasteiger partial charge is 0.380 e. The molecule has 2 heterocycles. The minimum Gasteiger partial charge on any atom is -0.380 e. The van der Waals surface area contributed by atoms with Gasteiger partial charge in [0.2, 0.25) is 0 Å². The summed E-state index contributed by atoms with van der Waals surface area (Å²) >= 11 is 0. The summed E-state index contributed by atoms with van der Waals surface area (Å²) in [6.07, 6.45) is 2.27. The second kappa shape index (κ2) is 4.25. The number of hydrogen-bond donors (Lipinski definition) is 1. The average molecular weight is 246 g/mol. The van der Waals surface area contributed by atoms with Crippen LogP contribution in [0.15, 0.2) is 12.1 Å². The van der Waals surface area contributed by atoms with Crippen LogP contribution < -0.4 is 5.32 Å². The molecule has 0 aromatic carbocycles. The lowest BCUT2D eigenvalue weighted by atomic mass is 9.81. The van der Waals surface area contributed by atoms with Crippen molar-refractivity contribution >= 4 is 5.69 Å². The van der Waals surface area contributed by atoms with Gasteiger partial charge in [0.25, 0.3) is 0 Å². The number of aromatic nitrogens is 1. The van der Waals surface area contributed by atoms with E-state index in [2.05, 4.69) is 59.0 Å². The van der Waals surface area contributed by atoms with Crippen molar-refractivity contribution in [1.29, 1.82) is 0 Å².